The first-order valence-corrected chi connectivity index (χ1v) is 7.35. The lowest BCUT2D eigenvalue weighted by atomic mass is 10.1. The third-order valence-corrected chi connectivity index (χ3v) is 4.04. The van der Waals surface area contributed by atoms with Crippen molar-refractivity contribution in [2.45, 2.75) is 32.2 Å². The number of benzene rings is 1. The Balaban J connectivity index is 1.73. The van der Waals surface area contributed by atoms with E-state index in [1.165, 1.54) is 6.42 Å². The third-order valence-electron chi connectivity index (χ3n) is 4.04. The number of nitrogens with two attached hydrogens (primary N) is 1. The molecule has 1 aliphatic carbocycles. The Morgan fingerprint density at radius 3 is 2.86 bits per heavy atom. The van der Waals surface area contributed by atoms with E-state index in [4.69, 9.17) is 5.73 Å². The van der Waals surface area contributed by atoms with Crippen LogP contribution in [0.15, 0.2) is 36.5 Å². The number of anilines is 1. The van der Waals surface area contributed by atoms with Gasteiger partial charge in [0.1, 0.15) is 0 Å². The van der Waals surface area contributed by atoms with Crippen molar-refractivity contribution in [2.24, 2.45) is 5.92 Å². The third kappa shape index (κ3) is 2.91. The summed E-state index contributed by atoms with van der Waals surface area (Å²) >= 11 is 0. The van der Waals surface area contributed by atoms with Gasteiger partial charge < -0.3 is 11.1 Å². The number of amides is 1. The maximum Gasteiger partial charge on any atom is 0.272 e. The van der Waals surface area contributed by atoms with Gasteiger partial charge in [-0.3, -0.25) is 4.79 Å². The number of carbonyl (C=O) groups excluding carboxylic acids is 1. The Hall–Kier alpha value is -2.30. The highest BCUT2D eigenvalue weighted by molar-refractivity contribution is 5.92. The Morgan fingerprint density at radius 2 is 2.14 bits per heavy atom. The van der Waals surface area contributed by atoms with E-state index in [1.807, 2.05) is 24.3 Å². The molecular weight excluding hydrogens is 264 g/mol. The number of rotatable bonds is 3. The molecule has 2 atom stereocenters. The van der Waals surface area contributed by atoms with Gasteiger partial charge in [0.05, 0.1) is 11.4 Å². The molecular formula is C16H20N4O. The summed E-state index contributed by atoms with van der Waals surface area (Å²) in [5.74, 6) is 0.583. The van der Waals surface area contributed by atoms with Crippen LogP contribution in [0.4, 0.5) is 5.69 Å². The van der Waals surface area contributed by atoms with Gasteiger partial charge in [-0.2, -0.15) is 5.10 Å². The van der Waals surface area contributed by atoms with Gasteiger partial charge in [0.15, 0.2) is 5.69 Å². The zero-order valence-electron chi connectivity index (χ0n) is 12.1. The number of nitrogen functional groups attached to an aromatic ring is 1. The Morgan fingerprint density at radius 1 is 1.33 bits per heavy atom. The molecule has 0 radical (unpaired) electrons. The second-order valence-corrected chi connectivity index (χ2v) is 5.79. The Labute approximate surface area is 124 Å². The molecule has 21 heavy (non-hydrogen) atoms. The zero-order chi connectivity index (χ0) is 14.8. The van der Waals surface area contributed by atoms with Gasteiger partial charge in [0, 0.05) is 12.2 Å². The molecule has 1 fully saturated rings. The molecule has 2 unspecified atom stereocenters. The molecule has 2 aromatic rings. The fourth-order valence-electron chi connectivity index (χ4n) is 2.87. The van der Waals surface area contributed by atoms with Crippen LogP contribution in [-0.4, -0.2) is 21.7 Å². The van der Waals surface area contributed by atoms with Crippen molar-refractivity contribution >= 4 is 11.6 Å². The fraction of sp³-hybridized carbons (Fsp3) is 0.375. The number of nitrogens with zero attached hydrogens (tertiary/aromatic N) is 2. The fourth-order valence-corrected chi connectivity index (χ4v) is 2.87. The van der Waals surface area contributed by atoms with E-state index >= 15 is 0 Å². The van der Waals surface area contributed by atoms with E-state index < -0.39 is 0 Å². The van der Waals surface area contributed by atoms with Gasteiger partial charge in [0.25, 0.3) is 5.91 Å². The average Bonchev–Trinajstić information content (AvgIpc) is 3.09. The maximum absolute atomic E-state index is 12.2. The summed E-state index contributed by atoms with van der Waals surface area (Å²) in [4.78, 5) is 12.2. The van der Waals surface area contributed by atoms with Gasteiger partial charge in [0.2, 0.25) is 0 Å². The standard InChI is InChI=1S/C16H20N4O/c1-11-6-7-12(10-11)18-16(21)14-8-9-20(19-14)15-5-3-2-4-13(15)17/h2-5,8-9,11-12H,6-7,10,17H2,1H3,(H,18,21). The van der Waals surface area contributed by atoms with Gasteiger partial charge in [-0.25, -0.2) is 4.68 Å². The number of hydrogen-bond acceptors (Lipinski definition) is 3. The molecule has 1 aliphatic rings. The molecule has 1 aromatic heterocycles. The molecule has 110 valence electrons. The number of carbonyl (C=O) groups is 1. The molecule has 3 N–H and O–H groups in total. The second-order valence-electron chi connectivity index (χ2n) is 5.79. The minimum Gasteiger partial charge on any atom is -0.397 e. The quantitative estimate of drug-likeness (QED) is 0.850. The number of nitrogens with one attached hydrogen (secondary N) is 1. The van der Waals surface area contributed by atoms with E-state index in [0.717, 1.165) is 18.5 Å². The SMILES string of the molecule is CC1CCC(NC(=O)c2ccn(-c3ccccc3N)n2)C1. The van der Waals surface area contributed by atoms with Crippen LogP contribution >= 0.6 is 0 Å². The molecule has 0 saturated heterocycles. The minimum absolute atomic E-state index is 0.109. The summed E-state index contributed by atoms with van der Waals surface area (Å²) in [6.07, 6.45) is 5.05. The van der Waals surface area contributed by atoms with Crippen molar-refractivity contribution in [3.05, 3.63) is 42.2 Å². The van der Waals surface area contributed by atoms with Crippen LogP contribution in [0, 0.1) is 5.92 Å². The molecule has 0 aliphatic heterocycles. The Kier molecular flexibility index (Phi) is 3.64. The molecule has 5 nitrogen and oxygen atoms in total. The minimum atomic E-state index is -0.109. The van der Waals surface area contributed by atoms with E-state index in [0.29, 0.717) is 17.3 Å². The number of hydrogen-bond donors (Lipinski definition) is 2. The summed E-state index contributed by atoms with van der Waals surface area (Å²) in [6.45, 7) is 2.22. The normalized spacial score (nSPS) is 21.4. The zero-order valence-corrected chi connectivity index (χ0v) is 12.1. The average molecular weight is 284 g/mol. The van der Waals surface area contributed by atoms with Crippen molar-refractivity contribution in [3.63, 3.8) is 0 Å². The lowest BCUT2D eigenvalue weighted by Gasteiger charge is -2.11. The van der Waals surface area contributed by atoms with Crippen molar-refractivity contribution in [2.75, 3.05) is 5.73 Å². The first kappa shape index (κ1) is 13.7. The van der Waals surface area contributed by atoms with E-state index in [9.17, 15) is 4.79 Å². The molecule has 3 rings (SSSR count). The summed E-state index contributed by atoms with van der Waals surface area (Å²) in [5.41, 5.74) is 7.77. The summed E-state index contributed by atoms with van der Waals surface area (Å²) in [6, 6.07) is 9.46. The van der Waals surface area contributed by atoms with Gasteiger partial charge in [-0.15, -0.1) is 0 Å². The van der Waals surface area contributed by atoms with Crippen LogP contribution in [0.5, 0.6) is 0 Å². The predicted octanol–water partition coefficient (Wildman–Crippen LogP) is 2.37. The van der Waals surface area contributed by atoms with Crippen molar-refractivity contribution in [1.82, 2.24) is 15.1 Å². The van der Waals surface area contributed by atoms with Crippen molar-refractivity contribution in [3.8, 4) is 5.69 Å². The van der Waals surface area contributed by atoms with Crippen LogP contribution in [0.1, 0.15) is 36.7 Å². The molecule has 0 spiro atoms. The van der Waals surface area contributed by atoms with Crippen molar-refractivity contribution in [1.29, 1.82) is 0 Å². The highest BCUT2D eigenvalue weighted by atomic mass is 16.2. The topological polar surface area (TPSA) is 72.9 Å². The van der Waals surface area contributed by atoms with Crippen LogP contribution in [0.2, 0.25) is 0 Å². The predicted molar refractivity (Wildman–Crippen MR) is 82.2 cm³/mol. The van der Waals surface area contributed by atoms with E-state index in [1.54, 1.807) is 16.9 Å². The molecule has 0 bridgehead atoms. The largest absolute Gasteiger partial charge is 0.397 e. The van der Waals surface area contributed by atoms with Crippen LogP contribution in [0.25, 0.3) is 5.69 Å². The molecule has 5 heteroatoms. The lowest BCUT2D eigenvalue weighted by molar-refractivity contribution is 0.0932. The van der Waals surface area contributed by atoms with Gasteiger partial charge in [-0.1, -0.05) is 19.1 Å². The first-order chi connectivity index (χ1) is 10.1. The van der Waals surface area contributed by atoms with Crippen molar-refractivity contribution < 1.29 is 4.79 Å². The van der Waals surface area contributed by atoms with Gasteiger partial charge in [-0.05, 0) is 43.4 Å². The second kappa shape index (κ2) is 5.60. The maximum atomic E-state index is 12.2. The summed E-state index contributed by atoms with van der Waals surface area (Å²) < 4.78 is 1.64. The number of aromatic nitrogens is 2. The number of para-hydroxylation sites is 2. The molecule has 1 saturated carbocycles. The molecule has 1 heterocycles. The highest BCUT2D eigenvalue weighted by Gasteiger charge is 2.23. The first-order valence-electron chi connectivity index (χ1n) is 7.35. The highest BCUT2D eigenvalue weighted by Crippen LogP contribution is 2.24. The molecule has 1 aromatic carbocycles. The summed E-state index contributed by atoms with van der Waals surface area (Å²) in [7, 11) is 0. The van der Waals surface area contributed by atoms with Crippen LogP contribution in [0.3, 0.4) is 0 Å². The van der Waals surface area contributed by atoms with Crippen LogP contribution < -0.4 is 11.1 Å². The molecule has 1 amide bonds. The smallest absolute Gasteiger partial charge is 0.272 e. The summed E-state index contributed by atoms with van der Waals surface area (Å²) in [5, 5.41) is 7.39. The van der Waals surface area contributed by atoms with Gasteiger partial charge >= 0.3 is 0 Å². The van der Waals surface area contributed by atoms with E-state index in [-0.39, 0.29) is 11.9 Å². The van der Waals surface area contributed by atoms with E-state index in [2.05, 4.69) is 17.3 Å². The Bertz CT molecular complexity index is 649. The lowest BCUT2D eigenvalue weighted by Crippen LogP contribution is -2.33. The van der Waals surface area contributed by atoms with Crippen LogP contribution in [-0.2, 0) is 0 Å². The monoisotopic (exact) mass is 284 g/mol.